The van der Waals surface area contributed by atoms with Gasteiger partial charge in [-0.2, -0.15) is 0 Å². The van der Waals surface area contributed by atoms with E-state index >= 15 is 0 Å². The van der Waals surface area contributed by atoms with Crippen molar-refractivity contribution >= 4 is 25.6 Å². The van der Waals surface area contributed by atoms with Crippen molar-refractivity contribution < 1.29 is 32.9 Å². The van der Waals surface area contributed by atoms with Gasteiger partial charge in [0.15, 0.2) is 0 Å². The normalized spacial score (nSPS) is 15.8. The van der Waals surface area contributed by atoms with Crippen LogP contribution in [0, 0.1) is 5.92 Å². The van der Waals surface area contributed by atoms with Crippen LogP contribution < -0.4 is 10.4 Å². The van der Waals surface area contributed by atoms with Gasteiger partial charge in [0.1, 0.15) is 19.5 Å². The number of piperazine rings is 1. The van der Waals surface area contributed by atoms with E-state index < -0.39 is 25.7 Å². The van der Waals surface area contributed by atoms with Crippen molar-refractivity contribution in [2.24, 2.45) is 5.92 Å². The number of carbonyl (C=O) groups excluding carboxylic acids is 3. The third-order valence-electron chi connectivity index (χ3n) is 5.58. The number of benzene rings is 1. The van der Waals surface area contributed by atoms with Crippen LogP contribution in [0.3, 0.4) is 0 Å². The standard InChI is InChI=1S/C26H39N4O7P/c1-5-16-35-26(33)30-14-12-29(13-15-30)24(31)23(18-21(3)4)28-38(34,37-17-6-2)20-27-25(32)36-19-22-10-8-7-9-11-22/h5-11,21,23H,1-2,12-20H2,3-4H3,(H,27,32)(H,28,34)/t23-,38?/m0/s1. The quantitative estimate of drug-likeness (QED) is 0.265. The highest BCUT2D eigenvalue weighted by Gasteiger charge is 2.35. The van der Waals surface area contributed by atoms with Crippen LogP contribution in [-0.4, -0.2) is 79.6 Å². The molecule has 0 saturated carbocycles. The molecular weight excluding hydrogens is 511 g/mol. The average Bonchev–Trinajstić information content (AvgIpc) is 2.92. The number of hydrogen-bond acceptors (Lipinski definition) is 7. The molecule has 1 aliphatic rings. The van der Waals surface area contributed by atoms with Gasteiger partial charge in [-0.15, -0.1) is 6.58 Å². The summed E-state index contributed by atoms with van der Waals surface area (Å²) in [7, 11) is -3.72. The lowest BCUT2D eigenvalue weighted by atomic mass is 10.0. The Bertz CT molecular complexity index is 981. The van der Waals surface area contributed by atoms with Gasteiger partial charge in [0, 0.05) is 26.2 Å². The number of hydrogen-bond donors (Lipinski definition) is 2. The zero-order chi connectivity index (χ0) is 28.0. The van der Waals surface area contributed by atoms with Crippen LogP contribution in [0.15, 0.2) is 55.6 Å². The molecule has 38 heavy (non-hydrogen) atoms. The zero-order valence-corrected chi connectivity index (χ0v) is 23.1. The molecule has 1 saturated heterocycles. The van der Waals surface area contributed by atoms with Gasteiger partial charge in [0.2, 0.25) is 5.91 Å². The molecule has 1 fully saturated rings. The number of alkyl carbamates (subject to hydrolysis) is 1. The highest BCUT2D eigenvalue weighted by molar-refractivity contribution is 7.56. The van der Waals surface area contributed by atoms with Gasteiger partial charge in [-0.25, -0.2) is 14.7 Å². The van der Waals surface area contributed by atoms with Gasteiger partial charge < -0.3 is 29.1 Å². The van der Waals surface area contributed by atoms with Crippen molar-refractivity contribution in [3.05, 3.63) is 61.2 Å². The molecule has 2 rings (SSSR count). The Hall–Kier alpha value is -3.14. The fourth-order valence-corrected chi connectivity index (χ4v) is 5.34. The zero-order valence-electron chi connectivity index (χ0n) is 22.2. The molecule has 0 aromatic heterocycles. The molecule has 1 aromatic carbocycles. The molecule has 1 aliphatic heterocycles. The predicted octanol–water partition coefficient (Wildman–Crippen LogP) is 3.74. The van der Waals surface area contributed by atoms with E-state index in [1.165, 1.54) is 17.1 Å². The van der Waals surface area contributed by atoms with Crippen molar-refractivity contribution in [1.82, 2.24) is 20.2 Å². The summed E-state index contributed by atoms with van der Waals surface area (Å²) in [5.41, 5.74) is 0.809. The summed E-state index contributed by atoms with van der Waals surface area (Å²) in [6.45, 7) is 12.4. The molecule has 11 nitrogen and oxygen atoms in total. The molecule has 3 amide bonds. The van der Waals surface area contributed by atoms with E-state index in [0.717, 1.165) is 5.56 Å². The maximum absolute atomic E-state index is 13.7. The summed E-state index contributed by atoms with van der Waals surface area (Å²) in [6, 6.07) is 8.33. The summed E-state index contributed by atoms with van der Waals surface area (Å²) in [5.74, 6) is -0.157. The first-order valence-electron chi connectivity index (χ1n) is 12.6. The molecule has 0 aliphatic carbocycles. The molecule has 0 radical (unpaired) electrons. The third kappa shape index (κ3) is 10.7. The molecule has 12 heteroatoms. The number of ether oxygens (including phenoxy) is 2. The summed E-state index contributed by atoms with van der Waals surface area (Å²) in [5, 5.41) is 5.37. The third-order valence-corrected chi connectivity index (χ3v) is 7.42. The van der Waals surface area contributed by atoms with Gasteiger partial charge in [0.25, 0.3) is 7.52 Å². The Morgan fingerprint density at radius 1 is 1.00 bits per heavy atom. The maximum Gasteiger partial charge on any atom is 0.410 e. The van der Waals surface area contributed by atoms with Crippen molar-refractivity contribution in [2.45, 2.75) is 32.9 Å². The van der Waals surface area contributed by atoms with Crippen molar-refractivity contribution in [3.8, 4) is 0 Å². The summed E-state index contributed by atoms with van der Waals surface area (Å²) < 4.78 is 29.5. The van der Waals surface area contributed by atoms with Crippen LogP contribution in [0.4, 0.5) is 9.59 Å². The average molecular weight is 551 g/mol. The number of amides is 3. The molecule has 1 heterocycles. The summed E-state index contributed by atoms with van der Waals surface area (Å²) >= 11 is 0. The SMILES string of the molecule is C=CCOC(=O)N1CCN(C(=O)[C@H](CC(C)C)NP(=O)(CNC(=O)OCc2ccccc2)OCC=C)CC1. The topological polar surface area (TPSA) is 127 Å². The number of nitrogens with one attached hydrogen (secondary N) is 2. The lowest BCUT2D eigenvalue weighted by Crippen LogP contribution is -2.55. The second kappa shape index (κ2) is 16.0. The first-order chi connectivity index (χ1) is 18.2. The van der Waals surface area contributed by atoms with Crippen LogP contribution in [0.2, 0.25) is 0 Å². The Kier molecular flexibility index (Phi) is 13.1. The molecule has 0 bridgehead atoms. The minimum Gasteiger partial charge on any atom is -0.445 e. The van der Waals surface area contributed by atoms with Crippen LogP contribution >= 0.6 is 7.52 Å². The predicted molar refractivity (Wildman–Crippen MR) is 144 cm³/mol. The highest BCUT2D eigenvalue weighted by atomic mass is 31.2. The minimum atomic E-state index is -3.72. The van der Waals surface area contributed by atoms with E-state index in [4.69, 9.17) is 14.0 Å². The van der Waals surface area contributed by atoms with Crippen molar-refractivity contribution in [2.75, 3.05) is 45.7 Å². The Morgan fingerprint density at radius 2 is 1.63 bits per heavy atom. The van der Waals surface area contributed by atoms with E-state index in [1.807, 2.05) is 44.2 Å². The van der Waals surface area contributed by atoms with Gasteiger partial charge in [-0.3, -0.25) is 9.36 Å². The van der Waals surface area contributed by atoms with E-state index in [0.29, 0.717) is 32.6 Å². The van der Waals surface area contributed by atoms with Gasteiger partial charge in [-0.05, 0) is 17.9 Å². The Balaban J connectivity index is 2.01. The highest BCUT2D eigenvalue weighted by Crippen LogP contribution is 2.42. The first kappa shape index (κ1) is 31.1. The fraction of sp³-hybridized carbons (Fsp3) is 0.500. The molecule has 2 atom stereocenters. The second-order valence-electron chi connectivity index (χ2n) is 9.14. The van der Waals surface area contributed by atoms with E-state index in [9.17, 15) is 18.9 Å². The number of carbonyl (C=O) groups is 3. The number of rotatable bonds is 14. The molecule has 2 N–H and O–H groups in total. The fourth-order valence-electron chi connectivity index (χ4n) is 3.71. The van der Waals surface area contributed by atoms with Gasteiger partial charge in [-0.1, -0.05) is 62.9 Å². The Labute approximate surface area is 224 Å². The van der Waals surface area contributed by atoms with Crippen molar-refractivity contribution in [3.63, 3.8) is 0 Å². The lowest BCUT2D eigenvalue weighted by Gasteiger charge is -2.37. The molecular formula is C26H39N4O7P. The van der Waals surface area contributed by atoms with Gasteiger partial charge in [0.05, 0.1) is 12.6 Å². The monoisotopic (exact) mass is 550 g/mol. The molecule has 210 valence electrons. The minimum absolute atomic E-state index is 0.0426. The second-order valence-corrected chi connectivity index (χ2v) is 11.3. The Morgan fingerprint density at radius 3 is 2.24 bits per heavy atom. The maximum atomic E-state index is 13.7. The molecule has 1 aromatic rings. The lowest BCUT2D eigenvalue weighted by molar-refractivity contribution is -0.135. The smallest absolute Gasteiger partial charge is 0.410 e. The first-order valence-corrected chi connectivity index (χ1v) is 14.4. The van der Waals surface area contributed by atoms with E-state index in [1.54, 1.807) is 4.90 Å². The number of nitrogens with zero attached hydrogens (tertiary/aromatic N) is 2. The van der Waals surface area contributed by atoms with Crippen LogP contribution in [0.5, 0.6) is 0 Å². The summed E-state index contributed by atoms with van der Waals surface area (Å²) in [4.78, 5) is 40.9. The van der Waals surface area contributed by atoms with Crippen molar-refractivity contribution in [1.29, 1.82) is 0 Å². The van der Waals surface area contributed by atoms with Crippen LogP contribution in [0.1, 0.15) is 25.8 Å². The van der Waals surface area contributed by atoms with E-state index in [2.05, 4.69) is 23.6 Å². The van der Waals surface area contributed by atoms with Gasteiger partial charge >= 0.3 is 12.2 Å². The largest absolute Gasteiger partial charge is 0.445 e. The van der Waals surface area contributed by atoms with E-state index in [-0.39, 0.29) is 37.9 Å². The molecule has 0 spiro atoms. The molecule has 1 unspecified atom stereocenters. The van der Waals surface area contributed by atoms with Crippen LogP contribution in [0.25, 0.3) is 0 Å². The van der Waals surface area contributed by atoms with Crippen LogP contribution in [-0.2, 0) is 30.0 Å². The summed E-state index contributed by atoms with van der Waals surface area (Å²) in [6.07, 6.45) is 1.72.